The van der Waals surface area contributed by atoms with Gasteiger partial charge < -0.3 is 23.1 Å². The molecule has 160 valence electrons. The van der Waals surface area contributed by atoms with Crippen LogP contribution in [0.3, 0.4) is 0 Å². The average Bonchev–Trinajstić information content (AvgIpc) is 2.77. The summed E-state index contributed by atoms with van der Waals surface area (Å²) in [6.07, 6.45) is -0.846. The number of hydrogen-bond donors (Lipinski definition) is 1. The first-order valence-corrected chi connectivity index (χ1v) is 11.4. The van der Waals surface area contributed by atoms with E-state index in [0.717, 1.165) is 0 Å². The molecule has 0 fully saturated rings. The molecule has 0 saturated carbocycles. The summed E-state index contributed by atoms with van der Waals surface area (Å²) in [5.41, 5.74) is 1.15. The van der Waals surface area contributed by atoms with Crippen molar-refractivity contribution < 1.29 is 27.9 Å². The van der Waals surface area contributed by atoms with E-state index < -0.39 is 14.9 Å². The standard InChI is InChI=1S/C14H12O2.C8H20O4Si/c15-13(11-7-3-1-4-8-11)14(16)12-9-5-2-6-10-12;1-8(2)12-6-7-13(9-3,10-4)11-5/h1-10,13,15H;8H,6-7H2,1-5H3. The molecular formula is C22H32O6Si. The number of rotatable bonds is 10. The van der Waals surface area contributed by atoms with Gasteiger partial charge in [0.1, 0.15) is 6.10 Å². The monoisotopic (exact) mass is 420 g/mol. The molecule has 6 nitrogen and oxygen atoms in total. The maximum absolute atomic E-state index is 11.9. The molecule has 2 rings (SSSR count). The summed E-state index contributed by atoms with van der Waals surface area (Å²) in [7, 11) is 2.41. The van der Waals surface area contributed by atoms with Crippen molar-refractivity contribution in [2.24, 2.45) is 0 Å². The number of carbonyl (C=O) groups is 1. The van der Waals surface area contributed by atoms with Crippen molar-refractivity contribution in [3.8, 4) is 0 Å². The van der Waals surface area contributed by atoms with Gasteiger partial charge in [0, 0.05) is 32.9 Å². The van der Waals surface area contributed by atoms with E-state index in [9.17, 15) is 9.90 Å². The van der Waals surface area contributed by atoms with Gasteiger partial charge in [0.25, 0.3) is 0 Å². The molecule has 0 radical (unpaired) electrons. The third-order valence-electron chi connectivity index (χ3n) is 4.21. The number of ether oxygens (including phenoxy) is 1. The van der Waals surface area contributed by atoms with Gasteiger partial charge in [0.05, 0.1) is 12.7 Å². The lowest BCUT2D eigenvalue weighted by Crippen LogP contribution is -2.43. The molecule has 29 heavy (non-hydrogen) atoms. The Labute approximate surface area is 174 Å². The molecule has 7 heteroatoms. The van der Waals surface area contributed by atoms with E-state index in [1.807, 2.05) is 26.0 Å². The molecule has 0 aliphatic rings. The minimum absolute atomic E-state index is 0.234. The van der Waals surface area contributed by atoms with Crippen LogP contribution in [0.5, 0.6) is 0 Å². The summed E-state index contributed by atoms with van der Waals surface area (Å²) >= 11 is 0. The van der Waals surface area contributed by atoms with Crippen LogP contribution >= 0.6 is 0 Å². The lowest BCUT2D eigenvalue weighted by atomic mass is 10.0. The van der Waals surface area contributed by atoms with E-state index in [1.165, 1.54) is 0 Å². The van der Waals surface area contributed by atoms with Gasteiger partial charge in [-0.2, -0.15) is 0 Å². The Morgan fingerprint density at radius 3 is 1.83 bits per heavy atom. The molecule has 0 heterocycles. The fourth-order valence-corrected chi connectivity index (χ4v) is 4.00. The van der Waals surface area contributed by atoms with Crippen LogP contribution in [0.4, 0.5) is 0 Å². The molecule has 1 N–H and O–H groups in total. The van der Waals surface area contributed by atoms with Crippen LogP contribution in [0.1, 0.15) is 35.9 Å². The third kappa shape index (κ3) is 8.57. The zero-order chi connectivity index (χ0) is 21.7. The number of ketones is 1. The van der Waals surface area contributed by atoms with Crippen LogP contribution < -0.4 is 0 Å². The Morgan fingerprint density at radius 2 is 1.38 bits per heavy atom. The van der Waals surface area contributed by atoms with E-state index in [0.29, 0.717) is 23.8 Å². The van der Waals surface area contributed by atoms with E-state index in [2.05, 4.69) is 0 Å². The van der Waals surface area contributed by atoms with E-state index in [-0.39, 0.29) is 11.9 Å². The van der Waals surface area contributed by atoms with Crippen molar-refractivity contribution in [2.75, 3.05) is 27.9 Å². The largest absolute Gasteiger partial charge is 0.502 e. The van der Waals surface area contributed by atoms with Crippen molar-refractivity contribution in [2.45, 2.75) is 32.1 Å². The van der Waals surface area contributed by atoms with Gasteiger partial charge in [-0.3, -0.25) is 4.79 Å². The SMILES string of the molecule is CO[Si](CCOC(C)C)(OC)OC.O=C(c1ccccc1)C(O)c1ccccc1. The highest BCUT2D eigenvalue weighted by molar-refractivity contribution is 6.60. The van der Waals surface area contributed by atoms with Crippen LogP contribution in [0.25, 0.3) is 0 Å². The summed E-state index contributed by atoms with van der Waals surface area (Å²) in [4.78, 5) is 11.9. The van der Waals surface area contributed by atoms with Gasteiger partial charge in [0.2, 0.25) is 0 Å². The van der Waals surface area contributed by atoms with Crippen LogP contribution in [-0.2, 0) is 18.0 Å². The van der Waals surface area contributed by atoms with Crippen LogP contribution in [0, 0.1) is 0 Å². The molecular weight excluding hydrogens is 388 g/mol. The first kappa shape index (κ1) is 25.2. The van der Waals surface area contributed by atoms with Gasteiger partial charge in [-0.05, 0) is 19.4 Å². The molecule has 0 aliphatic carbocycles. The predicted molar refractivity (Wildman–Crippen MR) is 115 cm³/mol. The highest BCUT2D eigenvalue weighted by Gasteiger charge is 2.37. The predicted octanol–water partition coefficient (Wildman–Crippen LogP) is 3.89. The maximum Gasteiger partial charge on any atom is 0.502 e. The van der Waals surface area contributed by atoms with Gasteiger partial charge in [-0.1, -0.05) is 60.7 Å². The molecule has 0 spiro atoms. The summed E-state index contributed by atoms with van der Waals surface area (Å²) in [6, 6.07) is 18.4. The lowest BCUT2D eigenvalue weighted by Gasteiger charge is -2.24. The second-order valence-corrected chi connectivity index (χ2v) is 9.60. The first-order valence-electron chi connectivity index (χ1n) is 9.48. The summed E-state index contributed by atoms with van der Waals surface area (Å²) < 4.78 is 21.1. The maximum atomic E-state index is 11.9. The third-order valence-corrected chi connectivity index (χ3v) is 6.90. The number of benzene rings is 2. The Kier molecular flexibility index (Phi) is 11.6. The average molecular weight is 421 g/mol. The minimum atomic E-state index is -2.41. The topological polar surface area (TPSA) is 74.2 Å². The second-order valence-electron chi connectivity index (χ2n) is 6.51. The lowest BCUT2D eigenvalue weighted by molar-refractivity contribution is 0.0666. The fourth-order valence-electron chi connectivity index (χ4n) is 2.52. The van der Waals surface area contributed by atoms with Crippen LogP contribution in [0.15, 0.2) is 60.7 Å². The Hall–Kier alpha value is -1.87. The summed E-state index contributed by atoms with van der Waals surface area (Å²) in [6.45, 7) is 4.60. The quantitative estimate of drug-likeness (QED) is 0.464. The highest BCUT2D eigenvalue weighted by atomic mass is 28.4. The molecule has 0 aromatic heterocycles. The van der Waals surface area contributed by atoms with E-state index in [1.54, 1.807) is 69.9 Å². The first-order chi connectivity index (χ1) is 13.9. The zero-order valence-electron chi connectivity index (χ0n) is 17.8. The highest BCUT2D eigenvalue weighted by Crippen LogP contribution is 2.17. The van der Waals surface area contributed by atoms with Gasteiger partial charge >= 0.3 is 8.80 Å². The van der Waals surface area contributed by atoms with Gasteiger partial charge in [0.15, 0.2) is 5.78 Å². The van der Waals surface area contributed by atoms with Crippen molar-refractivity contribution in [1.29, 1.82) is 0 Å². The number of aliphatic hydroxyl groups is 1. The molecule has 0 saturated heterocycles. The number of aliphatic hydroxyl groups excluding tert-OH is 1. The van der Waals surface area contributed by atoms with Crippen molar-refractivity contribution in [3.63, 3.8) is 0 Å². The molecule has 0 aliphatic heterocycles. The molecule has 1 unspecified atom stereocenters. The number of carbonyl (C=O) groups excluding carboxylic acids is 1. The molecule has 0 amide bonds. The summed E-state index contributed by atoms with van der Waals surface area (Å²) in [5.74, 6) is -0.271. The number of hydrogen-bond acceptors (Lipinski definition) is 6. The van der Waals surface area contributed by atoms with Crippen molar-refractivity contribution in [3.05, 3.63) is 71.8 Å². The van der Waals surface area contributed by atoms with Gasteiger partial charge in [-0.15, -0.1) is 0 Å². The van der Waals surface area contributed by atoms with Crippen LogP contribution in [-0.4, -0.2) is 53.7 Å². The minimum Gasteiger partial charge on any atom is -0.380 e. The second kappa shape index (κ2) is 13.4. The van der Waals surface area contributed by atoms with Crippen molar-refractivity contribution >= 4 is 14.6 Å². The molecule has 2 aromatic rings. The molecule has 2 aromatic carbocycles. The van der Waals surface area contributed by atoms with E-state index in [4.69, 9.17) is 18.0 Å². The van der Waals surface area contributed by atoms with Crippen LogP contribution in [0.2, 0.25) is 6.04 Å². The molecule has 0 bridgehead atoms. The Balaban J connectivity index is 0.000000298. The van der Waals surface area contributed by atoms with Crippen molar-refractivity contribution in [1.82, 2.24) is 0 Å². The zero-order valence-corrected chi connectivity index (χ0v) is 18.8. The van der Waals surface area contributed by atoms with E-state index >= 15 is 0 Å². The normalized spacial score (nSPS) is 12.2. The summed E-state index contributed by atoms with van der Waals surface area (Å²) in [5, 5.41) is 9.89. The van der Waals surface area contributed by atoms with Gasteiger partial charge in [-0.25, -0.2) is 0 Å². The molecule has 1 atom stereocenters. The smallest absolute Gasteiger partial charge is 0.380 e. The Morgan fingerprint density at radius 1 is 0.897 bits per heavy atom. The number of Topliss-reactive ketones (excluding diaryl/α,β-unsaturated/α-hetero) is 1. The fraction of sp³-hybridized carbons (Fsp3) is 0.409. The Bertz CT molecular complexity index is 681.